The Labute approximate surface area is 312 Å². The van der Waals surface area contributed by atoms with Gasteiger partial charge in [0.25, 0.3) is 0 Å². The minimum atomic E-state index is -1.82. The number of rotatable bonds is 5. The molecule has 4 atom stereocenters. The van der Waals surface area contributed by atoms with E-state index in [4.69, 9.17) is 19.8 Å². The minimum Gasteiger partial charge on any atom is -0.473 e. The number of thiophene rings is 2. The van der Waals surface area contributed by atoms with Crippen molar-refractivity contribution < 1.29 is 33.7 Å². The second-order valence-electron chi connectivity index (χ2n) is 15.0. The molecule has 0 spiro atoms. The van der Waals surface area contributed by atoms with Crippen LogP contribution < -0.4 is 9.82 Å². The molecular formula is C40H48F2N2O5S2Si. The van der Waals surface area contributed by atoms with Crippen LogP contribution in [0.2, 0.25) is 19.6 Å². The number of carbonyl (C=O) groups is 2. The molecule has 2 aliphatic heterocycles. The molecule has 52 heavy (non-hydrogen) atoms. The van der Waals surface area contributed by atoms with Crippen molar-refractivity contribution in [3.8, 4) is 0 Å². The fourth-order valence-corrected chi connectivity index (χ4v) is 11.4. The Bertz CT molecular complexity index is 2000. The molecule has 4 N–H and O–H groups in total. The van der Waals surface area contributed by atoms with Gasteiger partial charge in [-0.25, -0.2) is 18.4 Å². The third-order valence-electron chi connectivity index (χ3n) is 10.2. The van der Waals surface area contributed by atoms with Crippen molar-refractivity contribution in [1.82, 2.24) is 10.2 Å². The lowest BCUT2D eigenvalue weighted by Crippen LogP contribution is -2.49. The maximum atomic E-state index is 15.1. The van der Waals surface area contributed by atoms with Crippen molar-refractivity contribution in [3.63, 3.8) is 0 Å². The molecule has 2 fully saturated rings. The molecule has 2 unspecified atom stereocenters. The predicted octanol–water partition coefficient (Wildman–Crippen LogP) is 8.22. The molecule has 278 valence electrons. The Balaban J connectivity index is 0.000000191. The van der Waals surface area contributed by atoms with Crippen LogP contribution in [-0.2, 0) is 21.7 Å². The van der Waals surface area contributed by atoms with Gasteiger partial charge in [0, 0.05) is 46.1 Å². The van der Waals surface area contributed by atoms with Crippen LogP contribution in [0.15, 0.2) is 72.1 Å². The molecule has 7 rings (SSSR count). The largest absolute Gasteiger partial charge is 0.473 e. The fourth-order valence-electron chi connectivity index (χ4n) is 7.23. The molecule has 3 aromatic carbocycles. The number of hydrogen-bond acceptors (Lipinski definition) is 7. The van der Waals surface area contributed by atoms with E-state index in [1.165, 1.54) is 15.5 Å². The molecule has 7 nitrogen and oxygen atoms in total. The van der Waals surface area contributed by atoms with E-state index in [1.807, 2.05) is 18.2 Å². The molecule has 2 aromatic heterocycles. The molecule has 0 saturated carbocycles. The highest BCUT2D eigenvalue weighted by atomic mass is 32.1. The lowest BCUT2D eigenvalue weighted by molar-refractivity contribution is -0.159. The van der Waals surface area contributed by atoms with Gasteiger partial charge in [-0.1, -0.05) is 76.0 Å². The van der Waals surface area contributed by atoms with E-state index in [-0.39, 0.29) is 17.6 Å². The second kappa shape index (κ2) is 16.7. The Kier molecular flexibility index (Phi) is 12.7. The highest BCUT2D eigenvalue weighted by Crippen LogP contribution is 2.44. The number of aliphatic hydroxyl groups is 1. The summed E-state index contributed by atoms with van der Waals surface area (Å²) in [5.74, 6) is -3.13. The number of benzene rings is 3. The fraction of sp³-hybridized carbons (Fsp3) is 0.400. The number of aliphatic carboxylic acids is 2. The summed E-state index contributed by atoms with van der Waals surface area (Å²) in [4.78, 5) is 20.6. The van der Waals surface area contributed by atoms with Crippen LogP contribution in [0, 0.1) is 23.5 Å². The quantitative estimate of drug-likeness (QED) is 0.105. The summed E-state index contributed by atoms with van der Waals surface area (Å²) in [6, 6.07) is 21.6. The molecule has 12 heteroatoms. The van der Waals surface area contributed by atoms with E-state index in [2.05, 4.69) is 85.5 Å². The van der Waals surface area contributed by atoms with Crippen molar-refractivity contribution in [1.29, 1.82) is 0 Å². The summed E-state index contributed by atoms with van der Waals surface area (Å²) in [6.45, 7) is 15.6. The number of fused-ring (bicyclic) bond motifs is 2. The van der Waals surface area contributed by atoms with Gasteiger partial charge in [0.1, 0.15) is 11.6 Å². The maximum Gasteiger partial charge on any atom is 0.414 e. The van der Waals surface area contributed by atoms with Crippen LogP contribution in [0.5, 0.6) is 0 Å². The number of piperidine rings is 2. The van der Waals surface area contributed by atoms with E-state index in [0.29, 0.717) is 23.8 Å². The molecular weight excluding hydrogens is 719 g/mol. The maximum absolute atomic E-state index is 15.1. The molecule has 2 saturated heterocycles. The van der Waals surface area contributed by atoms with Crippen LogP contribution >= 0.6 is 22.7 Å². The number of carboxylic acid groups (broad SMARTS) is 2. The number of nitrogens with one attached hydrogen (secondary N) is 1. The van der Waals surface area contributed by atoms with E-state index in [9.17, 15) is 9.50 Å². The first-order valence-corrected chi connectivity index (χ1v) is 22.8. The summed E-state index contributed by atoms with van der Waals surface area (Å²) in [6.07, 6.45) is 1.59. The number of likely N-dealkylation sites (tertiary alicyclic amines) is 1. The van der Waals surface area contributed by atoms with Crippen molar-refractivity contribution >= 4 is 67.4 Å². The molecule has 0 radical (unpaired) electrons. The Hall–Kier alpha value is -3.52. The van der Waals surface area contributed by atoms with Crippen LogP contribution in [0.4, 0.5) is 8.78 Å². The van der Waals surface area contributed by atoms with Crippen LogP contribution in [-0.4, -0.2) is 66.4 Å². The van der Waals surface area contributed by atoms with Gasteiger partial charge in [0.05, 0.1) is 13.7 Å². The Morgan fingerprint density at radius 3 is 2.25 bits per heavy atom. The second-order valence-corrected chi connectivity index (χ2v) is 22.4. The molecule has 2 aliphatic rings. The first kappa shape index (κ1) is 39.7. The molecule has 0 bridgehead atoms. The summed E-state index contributed by atoms with van der Waals surface area (Å²) in [5, 5.41) is 34.2. The average molecular weight is 767 g/mol. The number of carboxylic acids is 2. The van der Waals surface area contributed by atoms with Gasteiger partial charge in [-0.15, -0.1) is 22.7 Å². The van der Waals surface area contributed by atoms with Crippen LogP contribution in [0.1, 0.15) is 49.3 Å². The summed E-state index contributed by atoms with van der Waals surface area (Å²) in [5.41, 5.74) is 1.62. The first-order valence-electron chi connectivity index (χ1n) is 17.6. The van der Waals surface area contributed by atoms with E-state index in [1.54, 1.807) is 34.8 Å². The number of hydrogen-bond donors (Lipinski definition) is 4. The summed E-state index contributed by atoms with van der Waals surface area (Å²) >= 11 is 3.35. The third-order valence-corrected chi connectivity index (χ3v) is 15.9. The van der Waals surface area contributed by atoms with E-state index >= 15 is 4.39 Å². The Morgan fingerprint density at radius 1 is 0.942 bits per heavy atom. The summed E-state index contributed by atoms with van der Waals surface area (Å²) in [7, 11) is -1.50. The van der Waals surface area contributed by atoms with Gasteiger partial charge in [0.15, 0.2) is 0 Å². The topological polar surface area (TPSA) is 110 Å². The first-order chi connectivity index (χ1) is 24.6. The SMILES string of the molecule is CC1CN(Cc2ccccc2)CCC1(O)c1c(F)ccc2cc([Si](C)(C)C)sc12.C[C@@H]1CNCC[C@@H]1c1c(F)ccc2ccsc12.O=C(O)C(=O)O. The van der Waals surface area contributed by atoms with Gasteiger partial charge < -0.3 is 20.6 Å². The zero-order valence-electron chi connectivity index (χ0n) is 30.3. The van der Waals surface area contributed by atoms with Gasteiger partial charge in [0.2, 0.25) is 0 Å². The summed E-state index contributed by atoms with van der Waals surface area (Å²) < 4.78 is 32.7. The highest BCUT2D eigenvalue weighted by Gasteiger charge is 2.43. The van der Waals surface area contributed by atoms with Gasteiger partial charge in [-0.3, -0.25) is 4.90 Å². The van der Waals surface area contributed by atoms with E-state index < -0.39 is 25.6 Å². The van der Waals surface area contributed by atoms with Crippen LogP contribution in [0.25, 0.3) is 20.2 Å². The zero-order valence-corrected chi connectivity index (χ0v) is 32.9. The lowest BCUT2D eigenvalue weighted by Gasteiger charge is -2.44. The number of halogens is 2. The minimum absolute atomic E-state index is 0.0290. The van der Waals surface area contributed by atoms with Crippen LogP contribution in [0.3, 0.4) is 0 Å². The van der Waals surface area contributed by atoms with Crippen molar-refractivity contribution in [2.24, 2.45) is 11.8 Å². The van der Waals surface area contributed by atoms with Gasteiger partial charge in [-0.2, -0.15) is 0 Å². The third kappa shape index (κ3) is 8.98. The molecule has 5 aromatic rings. The monoisotopic (exact) mass is 766 g/mol. The normalized spacial score (nSPS) is 22.3. The zero-order chi connectivity index (χ0) is 37.8. The van der Waals surface area contributed by atoms with Gasteiger partial charge in [-0.05, 0) is 88.2 Å². The van der Waals surface area contributed by atoms with Crippen molar-refractivity contribution in [2.45, 2.75) is 64.4 Å². The number of nitrogens with zero attached hydrogens (tertiary/aromatic N) is 1. The molecule has 0 aliphatic carbocycles. The predicted molar refractivity (Wildman–Crippen MR) is 211 cm³/mol. The standard InChI is InChI=1S/C24H30FNOSSi.C14H16FNS.C2H2O4/c1-17-15-26(16-18-8-6-5-7-9-18)13-12-24(17,27)22-20(25)11-10-19-14-21(28-23(19)22)29(2,3)4;1-9-8-16-6-4-11(9)13-12(15)3-2-10-5-7-17-14(10)13;3-1(4)2(5)6/h5-11,14,17,27H,12-13,15-16H2,1-4H3;2-3,5,7,9,11,16H,4,6,8H2,1H3;(H,3,4)(H,5,6)/t;9-,11+;/m.1./s1. The average Bonchev–Trinajstić information content (AvgIpc) is 3.76. The molecule has 0 amide bonds. The lowest BCUT2D eigenvalue weighted by atomic mass is 9.76. The van der Waals surface area contributed by atoms with E-state index in [0.717, 1.165) is 59.5 Å². The smallest absolute Gasteiger partial charge is 0.414 e. The molecule has 4 heterocycles. The van der Waals surface area contributed by atoms with Crippen molar-refractivity contribution in [2.75, 3.05) is 26.2 Å². The Morgan fingerprint density at radius 2 is 1.62 bits per heavy atom. The highest BCUT2D eigenvalue weighted by molar-refractivity contribution is 7.31. The van der Waals surface area contributed by atoms with Crippen molar-refractivity contribution in [3.05, 3.63) is 100 Å². The van der Waals surface area contributed by atoms with Gasteiger partial charge >= 0.3 is 11.9 Å².